The summed E-state index contributed by atoms with van der Waals surface area (Å²) in [7, 11) is 0. The van der Waals surface area contributed by atoms with E-state index >= 15 is 0 Å². The van der Waals surface area contributed by atoms with Crippen molar-refractivity contribution >= 4 is 11.7 Å². The monoisotopic (exact) mass is 353 g/mol. The van der Waals surface area contributed by atoms with Crippen molar-refractivity contribution in [3.05, 3.63) is 59.9 Å². The third-order valence-electron chi connectivity index (χ3n) is 5.25. The molecule has 2 aromatic rings. The molecule has 1 fully saturated rings. The standard InChI is InChI=1S/C21H27N3O2/c1-17-5-2-3-6-18(17)7-4-8-20(21(25)26)24-15-13-23(14-16-24)19-9-11-22-12-10-19/h2-3,5-6,9-12,20H,4,7-8,13-16H2,1H3,(H,25,26). The molecule has 1 saturated heterocycles. The third-order valence-corrected chi connectivity index (χ3v) is 5.25. The van der Waals surface area contributed by atoms with Crippen molar-refractivity contribution in [1.82, 2.24) is 9.88 Å². The Morgan fingerprint density at radius 2 is 1.81 bits per heavy atom. The molecule has 1 unspecified atom stereocenters. The molecule has 1 N–H and O–H groups in total. The molecule has 3 rings (SSSR count). The molecule has 1 aromatic carbocycles. The third kappa shape index (κ3) is 4.61. The zero-order chi connectivity index (χ0) is 18.4. The molecule has 0 amide bonds. The van der Waals surface area contributed by atoms with Gasteiger partial charge in [0.15, 0.2) is 0 Å². The summed E-state index contributed by atoms with van der Waals surface area (Å²) >= 11 is 0. The Hall–Kier alpha value is -2.40. The first-order valence-electron chi connectivity index (χ1n) is 9.31. The number of pyridine rings is 1. The number of carboxylic acids is 1. The van der Waals surface area contributed by atoms with Gasteiger partial charge in [0.1, 0.15) is 6.04 Å². The fraction of sp³-hybridized carbons (Fsp3) is 0.429. The number of aromatic nitrogens is 1. The fourth-order valence-electron chi connectivity index (χ4n) is 3.69. The summed E-state index contributed by atoms with van der Waals surface area (Å²) in [6.07, 6.45) is 6.12. The predicted molar refractivity (Wildman–Crippen MR) is 104 cm³/mol. The molecule has 1 aliphatic rings. The lowest BCUT2D eigenvalue weighted by Crippen LogP contribution is -2.52. The molecule has 0 radical (unpaired) electrons. The summed E-state index contributed by atoms with van der Waals surface area (Å²) < 4.78 is 0. The molecular weight excluding hydrogens is 326 g/mol. The lowest BCUT2D eigenvalue weighted by atomic mass is 10.00. The van der Waals surface area contributed by atoms with E-state index in [9.17, 15) is 9.90 Å². The van der Waals surface area contributed by atoms with E-state index in [4.69, 9.17) is 0 Å². The van der Waals surface area contributed by atoms with Crippen molar-refractivity contribution in [2.75, 3.05) is 31.1 Å². The fourth-order valence-corrected chi connectivity index (χ4v) is 3.69. The van der Waals surface area contributed by atoms with Crippen LogP contribution in [0.25, 0.3) is 0 Å². The van der Waals surface area contributed by atoms with Crippen LogP contribution in [0.5, 0.6) is 0 Å². The molecule has 0 aliphatic carbocycles. The molecular formula is C21H27N3O2. The lowest BCUT2D eigenvalue weighted by Gasteiger charge is -2.38. The van der Waals surface area contributed by atoms with E-state index in [1.165, 1.54) is 11.1 Å². The second-order valence-corrected chi connectivity index (χ2v) is 6.90. The highest BCUT2D eigenvalue weighted by molar-refractivity contribution is 5.73. The second-order valence-electron chi connectivity index (χ2n) is 6.90. The number of aryl methyl sites for hydroxylation is 2. The van der Waals surface area contributed by atoms with Gasteiger partial charge in [0.25, 0.3) is 0 Å². The molecule has 26 heavy (non-hydrogen) atoms. The largest absolute Gasteiger partial charge is 0.480 e. The van der Waals surface area contributed by atoms with Gasteiger partial charge in [-0.2, -0.15) is 0 Å². The van der Waals surface area contributed by atoms with Gasteiger partial charge in [0.05, 0.1) is 0 Å². The highest BCUT2D eigenvalue weighted by atomic mass is 16.4. The van der Waals surface area contributed by atoms with Crippen LogP contribution in [0.1, 0.15) is 24.0 Å². The molecule has 1 aromatic heterocycles. The number of benzene rings is 1. The van der Waals surface area contributed by atoms with Gasteiger partial charge in [-0.25, -0.2) is 0 Å². The van der Waals surface area contributed by atoms with E-state index in [-0.39, 0.29) is 0 Å². The maximum Gasteiger partial charge on any atom is 0.320 e. The van der Waals surface area contributed by atoms with E-state index in [2.05, 4.69) is 39.9 Å². The minimum absolute atomic E-state index is 0.390. The highest BCUT2D eigenvalue weighted by Gasteiger charge is 2.28. The summed E-state index contributed by atoms with van der Waals surface area (Å²) in [5.74, 6) is -0.702. The van der Waals surface area contributed by atoms with Crippen molar-refractivity contribution < 1.29 is 9.90 Å². The highest BCUT2D eigenvalue weighted by Crippen LogP contribution is 2.19. The Balaban J connectivity index is 1.52. The van der Waals surface area contributed by atoms with Gasteiger partial charge < -0.3 is 10.0 Å². The SMILES string of the molecule is Cc1ccccc1CCCC(C(=O)O)N1CCN(c2ccncc2)CC1. The molecule has 1 atom stereocenters. The van der Waals surface area contributed by atoms with Crippen LogP contribution in [-0.2, 0) is 11.2 Å². The predicted octanol–water partition coefficient (Wildman–Crippen LogP) is 2.99. The zero-order valence-corrected chi connectivity index (χ0v) is 15.3. The molecule has 2 heterocycles. The Kier molecular flexibility index (Phi) is 6.23. The number of hydrogen-bond donors (Lipinski definition) is 1. The van der Waals surface area contributed by atoms with E-state index in [0.717, 1.165) is 44.7 Å². The van der Waals surface area contributed by atoms with Crippen molar-refractivity contribution in [3.63, 3.8) is 0 Å². The van der Waals surface area contributed by atoms with Crippen LogP contribution in [0.4, 0.5) is 5.69 Å². The molecule has 0 saturated carbocycles. The van der Waals surface area contributed by atoms with Crippen LogP contribution in [0.3, 0.4) is 0 Å². The molecule has 138 valence electrons. The van der Waals surface area contributed by atoms with Crippen LogP contribution in [0.2, 0.25) is 0 Å². The van der Waals surface area contributed by atoms with Gasteiger partial charge in [0.2, 0.25) is 0 Å². The number of carboxylic acid groups (broad SMARTS) is 1. The van der Waals surface area contributed by atoms with Crippen LogP contribution in [-0.4, -0.2) is 53.2 Å². The average molecular weight is 353 g/mol. The molecule has 0 bridgehead atoms. The average Bonchev–Trinajstić information content (AvgIpc) is 2.67. The maximum absolute atomic E-state index is 11.8. The van der Waals surface area contributed by atoms with E-state index in [0.29, 0.717) is 6.42 Å². The smallest absolute Gasteiger partial charge is 0.320 e. The van der Waals surface area contributed by atoms with Gasteiger partial charge in [-0.1, -0.05) is 24.3 Å². The van der Waals surface area contributed by atoms with Gasteiger partial charge >= 0.3 is 5.97 Å². The van der Waals surface area contributed by atoms with Gasteiger partial charge in [-0.05, 0) is 49.4 Å². The van der Waals surface area contributed by atoms with Crippen LogP contribution in [0.15, 0.2) is 48.8 Å². The summed E-state index contributed by atoms with van der Waals surface area (Å²) in [5, 5.41) is 9.70. The summed E-state index contributed by atoms with van der Waals surface area (Å²) in [4.78, 5) is 20.3. The summed E-state index contributed by atoms with van der Waals surface area (Å²) in [6, 6.07) is 12.0. The normalized spacial score (nSPS) is 16.4. The number of nitrogens with zero attached hydrogens (tertiary/aromatic N) is 3. The maximum atomic E-state index is 11.8. The molecule has 5 heteroatoms. The Morgan fingerprint density at radius 1 is 1.12 bits per heavy atom. The van der Waals surface area contributed by atoms with E-state index in [1.807, 2.05) is 18.2 Å². The first kappa shape index (κ1) is 18.4. The summed E-state index contributed by atoms with van der Waals surface area (Å²) in [5.41, 5.74) is 3.76. The number of hydrogen-bond acceptors (Lipinski definition) is 4. The first-order chi connectivity index (χ1) is 12.6. The second kappa shape index (κ2) is 8.81. The van der Waals surface area contributed by atoms with Gasteiger partial charge in [0, 0.05) is 44.3 Å². The van der Waals surface area contributed by atoms with Crippen LogP contribution in [0, 0.1) is 6.92 Å². The summed E-state index contributed by atoms with van der Waals surface area (Å²) in [6.45, 7) is 5.38. The van der Waals surface area contributed by atoms with Crippen molar-refractivity contribution in [1.29, 1.82) is 0 Å². The van der Waals surface area contributed by atoms with E-state index < -0.39 is 12.0 Å². The van der Waals surface area contributed by atoms with Gasteiger partial charge in [-0.3, -0.25) is 14.7 Å². The van der Waals surface area contributed by atoms with Crippen molar-refractivity contribution in [3.8, 4) is 0 Å². The van der Waals surface area contributed by atoms with E-state index in [1.54, 1.807) is 12.4 Å². The molecule has 5 nitrogen and oxygen atoms in total. The Labute approximate surface area is 155 Å². The van der Waals surface area contributed by atoms with Gasteiger partial charge in [-0.15, -0.1) is 0 Å². The number of piperazine rings is 1. The number of carbonyl (C=O) groups is 1. The quantitative estimate of drug-likeness (QED) is 0.829. The zero-order valence-electron chi connectivity index (χ0n) is 15.3. The van der Waals surface area contributed by atoms with Crippen LogP contribution < -0.4 is 4.90 Å². The first-order valence-corrected chi connectivity index (χ1v) is 9.31. The molecule has 0 spiro atoms. The lowest BCUT2D eigenvalue weighted by molar-refractivity contribution is -0.143. The van der Waals surface area contributed by atoms with Crippen molar-refractivity contribution in [2.24, 2.45) is 0 Å². The minimum Gasteiger partial charge on any atom is -0.480 e. The van der Waals surface area contributed by atoms with Crippen molar-refractivity contribution in [2.45, 2.75) is 32.2 Å². The van der Waals surface area contributed by atoms with Crippen LogP contribution >= 0.6 is 0 Å². The topological polar surface area (TPSA) is 56.7 Å². The Bertz CT molecular complexity index is 712. The number of anilines is 1. The number of aliphatic carboxylic acids is 1. The number of rotatable bonds is 7. The molecule has 1 aliphatic heterocycles. The Morgan fingerprint density at radius 3 is 2.46 bits per heavy atom. The minimum atomic E-state index is -0.702.